The molecule has 8 rings (SSSR count). The van der Waals surface area contributed by atoms with E-state index in [0.717, 1.165) is 60.4 Å². The number of carbonyl (C=O) groups excluding carboxylic acids is 4. The van der Waals surface area contributed by atoms with Crippen LogP contribution in [0.15, 0.2) is 36.7 Å². The number of amides is 4. The number of carbonyl (C=O) groups is 4. The van der Waals surface area contributed by atoms with Crippen LogP contribution in [-0.2, 0) is 9.59 Å². The quantitative estimate of drug-likeness (QED) is 0.354. The van der Waals surface area contributed by atoms with Gasteiger partial charge in [-0.2, -0.15) is 5.10 Å². The van der Waals surface area contributed by atoms with Crippen molar-refractivity contribution in [2.24, 2.45) is 5.92 Å². The molecule has 226 valence electrons. The van der Waals surface area contributed by atoms with Gasteiger partial charge in [0.25, 0.3) is 11.8 Å². The van der Waals surface area contributed by atoms with Gasteiger partial charge in [-0.1, -0.05) is 0 Å². The van der Waals surface area contributed by atoms with E-state index in [-0.39, 0.29) is 36.1 Å². The van der Waals surface area contributed by atoms with Gasteiger partial charge in [0.15, 0.2) is 0 Å². The van der Waals surface area contributed by atoms with E-state index in [1.807, 2.05) is 10.9 Å². The molecule has 2 aliphatic heterocycles. The smallest absolute Gasteiger partial charge is 0.262 e. The summed E-state index contributed by atoms with van der Waals surface area (Å²) in [5.74, 6) is -1.20. The highest BCUT2D eigenvalue weighted by Gasteiger charge is 2.45. The van der Waals surface area contributed by atoms with Crippen LogP contribution in [0, 0.1) is 11.7 Å². The SMILES string of the molecule is O=C1CCC(N2C(=O)c3ccc(NC[C@H]4C[C@H](n5cc(-c6ncc(F)cc6OC6CC6)c(C6CC6)n5)C4)cc3C2=O)C(=O)N1. The summed E-state index contributed by atoms with van der Waals surface area (Å²) in [4.78, 5) is 55.4. The molecule has 4 amide bonds. The summed E-state index contributed by atoms with van der Waals surface area (Å²) in [6.45, 7) is 0.691. The summed E-state index contributed by atoms with van der Waals surface area (Å²) >= 11 is 0. The Hall–Kier alpha value is -4.61. The first-order chi connectivity index (χ1) is 21.3. The van der Waals surface area contributed by atoms with Crippen molar-refractivity contribution in [1.82, 2.24) is 25.0 Å². The number of piperidine rings is 1. The number of nitrogens with zero attached hydrogens (tertiary/aromatic N) is 4. The molecule has 0 bridgehead atoms. The van der Waals surface area contributed by atoms with Crippen molar-refractivity contribution in [3.8, 4) is 17.0 Å². The van der Waals surface area contributed by atoms with Gasteiger partial charge in [-0.15, -0.1) is 0 Å². The number of rotatable bonds is 9. The summed E-state index contributed by atoms with van der Waals surface area (Å²) in [6, 6.07) is 5.73. The second-order valence-electron chi connectivity index (χ2n) is 12.6. The Balaban J connectivity index is 0.923. The van der Waals surface area contributed by atoms with Gasteiger partial charge in [0, 0.05) is 42.4 Å². The van der Waals surface area contributed by atoms with Crippen LogP contribution >= 0.6 is 0 Å². The zero-order valence-corrected chi connectivity index (χ0v) is 23.9. The van der Waals surface area contributed by atoms with Crippen LogP contribution in [0.1, 0.15) is 89.7 Å². The normalized spacial score (nSPS) is 24.7. The topological polar surface area (TPSA) is 136 Å². The maximum Gasteiger partial charge on any atom is 0.262 e. The van der Waals surface area contributed by atoms with Gasteiger partial charge >= 0.3 is 0 Å². The lowest BCUT2D eigenvalue weighted by Gasteiger charge is -2.35. The van der Waals surface area contributed by atoms with E-state index in [1.165, 1.54) is 12.3 Å². The van der Waals surface area contributed by atoms with Crippen LogP contribution in [0.5, 0.6) is 5.75 Å². The average Bonchev–Trinajstić information content (AvgIpc) is 3.92. The largest absolute Gasteiger partial charge is 0.488 e. The fourth-order valence-corrected chi connectivity index (χ4v) is 6.44. The molecule has 4 heterocycles. The van der Waals surface area contributed by atoms with E-state index in [0.29, 0.717) is 29.8 Å². The monoisotopic (exact) mass is 598 g/mol. The summed E-state index contributed by atoms with van der Waals surface area (Å²) in [5.41, 5.74) is 3.83. The molecule has 44 heavy (non-hydrogen) atoms. The van der Waals surface area contributed by atoms with E-state index >= 15 is 0 Å². The van der Waals surface area contributed by atoms with Crippen LogP contribution in [-0.4, -0.2) is 62.0 Å². The van der Waals surface area contributed by atoms with E-state index in [1.54, 1.807) is 18.2 Å². The summed E-state index contributed by atoms with van der Waals surface area (Å²) in [7, 11) is 0. The minimum Gasteiger partial charge on any atom is -0.488 e. The Labute approximate surface area is 252 Å². The number of hydrogen-bond acceptors (Lipinski definition) is 8. The third-order valence-corrected chi connectivity index (χ3v) is 9.24. The highest BCUT2D eigenvalue weighted by atomic mass is 19.1. The van der Waals surface area contributed by atoms with Crippen LogP contribution in [0.25, 0.3) is 11.3 Å². The summed E-state index contributed by atoms with van der Waals surface area (Å²) in [5, 5.41) is 10.6. The Kier molecular flexibility index (Phi) is 6.28. The maximum atomic E-state index is 14.0. The predicted molar refractivity (Wildman–Crippen MR) is 154 cm³/mol. The number of pyridine rings is 1. The van der Waals surface area contributed by atoms with Crippen LogP contribution in [0.4, 0.5) is 10.1 Å². The number of ether oxygens (including phenoxy) is 1. The molecule has 11 nitrogen and oxygen atoms in total. The molecule has 12 heteroatoms. The molecular formula is C32H31FN6O5. The number of hydrogen-bond donors (Lipinski definition) is 2. The third kappa shape index (κ3) is 4.82. The first kappa shape index (κ1) is 27.0. The van der Waals surface area contributed by atoms with Crippen molar-refractivity contribution < 1.29 is 28.3 Å². The van der Waals surface area contributed by atoms with E-state index < -0.39 is 35.5 Å². The van der Waals surface area contributed by atoms with Gasteiger partial charge in [0.2, 0.25) is 11.8 Å². The molecule has 4 fully saturated rings. The van der Waals surface area contributed by atoms with Gasteiger partial charge < -0.3 is 10.1 Å². The van der Waals surface area contributed by atoms with Gasteiger partial charge in [0.05, 0.1) is 35.2 Å². The summed E-state index contributed by atoms with van der Waals surface area (Å²) < 4.78 is 22.1. The lowest BCUT2D eigenvalue weighted by Crippen LogP contribution is -2.54. The molecule has 3 aliphatic carbocycles. The van der Waals surface area contributed by atoms with Crippen LogP contribution < -0.4 is 15.4 Å². The zero-order valence-electron chi connectivity index (χ0n) is 23.9. The van der Waals surface area contributed by atoms with Crippen molar-refractivity contribution in [3.05, 3.63) is 59.3 Å². The van der Waals surface area contributed by atoms with Gasteiger partial charge in [-0.25, -0.2) is 9.37 Å². The molecular weight excluding hydrogens is 567 g/mol. The fraction of sp³-hybridized carbons (Fsp3) is 0.438. The van der Waals surface area contributed by atoms with E-state index in [4.69, 9.17) is 9.84 Å². The zero-order chi connectivity index (χ0) is 30.1. The number of imide groups is 2. The first-order valence-electron chi connectivity index (χ1n) is 15.3. The molecule has 1 aromatic carbocycles. The minimum atomic E-state index is -0.984. The highest BCUT2D eigenvalue weighted by molar-refractivity contribution is 6.23. The Morgan fingerprint density at radius 1 is 0.977 bits per heavy atom. The Bertz CT molecular complexity index is 1720. The number of nitrogens with one attached hydrogen (secondary N) is 2. The maximum absolute atomic E-state index is 14.0. The van der Waals surface area contributed by atoms with Crippen LogP contribution in [0.3, 0.4) is 0 Å². The molecule has 0 radical (unpaired) electrons. The number of fused-ring (bicyclic) bond motifs is 1. The molecule has 3 saturated carbocycles. The molecule has 3 aromatic rings. The van der Waals surface area contributed by atoms with Crippen LogP contribution in [0.2, 0.25) is 0 Å². The van der Waals surface area contributed by atoms with Crippen molar-refractivity contribution in [3.63, 3.8) is 0 Å². The molecule has 1 saturated heterocycles. The lowest BCUT2D eigenvalue weighted by atomic mass is 9.80. The predicted octanol–water partition coefficient (Wildman–Crippen LogP) is 3.97. The second kappa shape index (κ2) is 10.2. The van der Waals surface area contributed by atoms with Gasteiger partial charge in [-0.3, -0.25) is 34.1 Å². The van der Waals surface area contributed by atoms with Gasteiger partial charge in [0.1, 0.15) is 23.3 Å². The molecule has 0 spiro atoms. The number of aromatic nitrogens is 3. The van der Waals surface area contributed by atoms with Crippen molar-refractivity contribution in [2.75, 3.05) is 11.9 Å². The summed E-state index contributed by atoms with van der Waals surface area (Å²) in [6.07, 6.45) is 9.58. The molecule has 2 N–H and O–H groups in total. The fourth-order valence-electron chi connectivity index (χ4n) is 6.44. The van der Waals surface area contributed by atoms with E-state index in [9.17, 15) is 23.6 Å². The van der Waals surface area contributed by atoms with Crippen molar-refractivity contribution in [1.29, 1.82) is 0 Å². The first-order valence-corrected chi connectivity index (χ1v) is 15.3. The number of anilines is 1. The molecule has 1 atom stereocenters. The Morgan fingerprint density at radius 2 is 1.77 bits per heavy atom. The standard InChI is InChI=1S/C32H31FN6O5/c33-18-11-26(44-21-4-5-21)29(35-14-18)24-15-38(37-28(24)17-1-2-17)20-9-16(10-20)13-34-19-3-6-22-23(12-19)32(43)39(31(22)42)25-7-8-27(40)36-30(25)41/h3,6,11-12,14-17,20-21,25,34H,1-2,4-5,7-10,13H2,(H,36,40,41)/t16-,20-,25?. The lowest BCUT2D eigenvalue weighted by molar-refractivity contribution is -0.136. The van der Waals surface area contributed by atoms with Crippen molar-refractivity contribution in [2.45, 2.75) is 75.5 Å². The molecule has 1 unspecified atom stereocenters. The van der Waals surface area contributed by atoms with Gasteiger partial charge in [-0.05, 0) is 69.1 Å². The van der Waals surface area contributed by atoms with Crippen molar-refractivity contribution >= 4 is 29.3 Å². The molecule has 5 aliphatic rings. The number of benzene rings is 1. The van der Waals surface area contributed by atoms with E-state index in [2.05, 4.69) is 15.6 Å². The third-order valence-electron chi connectivity index (χ3n) is 9.24. The number of halogens is 1. The second-order valence-corrected chi connectivity index (χ2v) is 12.6. The highest BCUT2D eigenvalue weighted by Crippen LogP contribution is 2.47. The Morgan fingerprint density at radius 3 is 2.52 bits per heavy atom. The average molecular weight is 599 g/mol. The molecule has 2 aromatic heterocycles. The minimum absolute atomic E-state index is 0.0831.